The molecular formula is C13H14Cl2N2S. The van der Waals surface area contributed by atoms with Crippen LogP contribution in [0.25, 0.3) is 0 Å². The summed E-state index contributed by atoms with van der Waals surface area (Å²) < 4.78 is 0.813. The Morgan fingerprint density at radius 3 is 2.61 bits per heavy atom. The summed E-state index contributed by atoms with van der Waals surface area (Å²) in [5, 5.41) is 0.715. The minimum absolute atomic E-state index is 0.478. The van der Waals surface area contributed by atoms with Crippen LogP contribution in [-0.4, -0.2) is 7.05 Å². The second kappa shape index (κ2) is 5.93. The first-order valence-corrected chi connectivity index (χ1v) is 7.11. The van der Waals surface area contributed by atoms with Crippen LogP contribution in [0.3, 0.4) is 0 Å². The third-order valence-electron chi connectivity index (χ3n) is 2.69. The molecule has 2 nitrogen and oxygen atoms in total. The molecule has 1 aromatic carbocycles. The molecular weight excluding hydrogens is 287 g/mol. The van der Waals surface area contributed by atoms with Crippen LogP contribution in [0.2, 0.25) is 9.36 Å². The molecule has 0 fully saturated rings. The lowest BCUT2D eigenvalue weighted by molar-refractivity contribution is 0.918. The van der Waals surface area contributed by atoms with Crippen LogP contribution in [0, 0.1) is 0 Å². The largest absolute Gasteiger partial charge is 0.369 e. The van der Waals surface area contributed by atoms with Gasteiger partial charge >= 0.3 is 0 Å². The molecule has 0 aliphatic rings. The number of anilines is 1. The normalized spacial score (nSPS) is 10.7. The zero-order valence-corrected chi connectivity index (χ0v) is 12.3. The van der Waals surface area contributed by atoms with E-state index in [1.165, 1.54) is 4.88 Å². The van der Waals surface area contributed by atoms with Crippen molar-refractivity contribution in [3.8, 4) is 0 Å². The Hall–Kier alpha value is -0.740. The number of rotatable bonds is 4. The second-order valence-corrected chi connectivity index (χ2v) is 6.28. The van der Waals surface area contributed by atoms with Crippen molar-refractivity contribution in [2.45, 2.75) is 13.1 Å². The van der Waals surface area contributed by atoms with Gasteiger partial charge in [0, 0.05) is 29.2 Å². The predicted octanol–water partition coefficient (Wildman–Crippen LogP) is 4.15. The molecule has 1 heterocycles. The van der Waals surface area contributed by atoms with Gasteiger partial charge in [0.1, 0.15) is 0 Å². The van der Waals surface area contributed by atoms with Gasteiger partial charge in [-0.05, 0) is 35.9 Å². The molecule has 0 saturated heterocycles. The van der Waals surface area contributed by atoms with Crippen molar-refractivity contribution in [2.75, 3.05) is 11.9 Å². The SMILES string of the molecule is CN(Cc1ccc(Cl)s1)c1ccc(Cl)cc1CN. The average Bonchev–Trinajstić information content (AvgIpc) is 2.74. The van der Waals surface area contributed by atoms with Crippen molar-refractivity contribution < 1.29 is 0 Å². The highest BCUT2D eigenvalue weighted by atomic mass is 35.5. The molecule has 0 aliphatic carbocycles. The summed E-state index contributed by atoms with van der Waals surface area (Å²) in [6.45, 7) is 1.29. The highest BCUT2D eigenvalue weighted by Gasteiger charge is 2.09. The summed E-state index contributed by atoms with van der Waals surface area (Å²) in [4.78, 5) is 3.38. The van der Waals surface area contributed by atoms with Gasteiger partial charge in [-0.25, -0.2) is 0 Å². The molecule has 0 atom stereocenters. The number of hydrogen-bond donors (Lipinski definition) is 1. The zero-order valence-electron chi connectivity index (χ0n) is 9.99. The number of nitrogens with zero attached hydrogens (tertiary/aromatic N) is 1. The molecule has 0 amide bonds. The molecule has 5 heteroatoms. The van der Waals surface area contributed by atoms with Crippen molar-refractivity contribution in [3.05, 3.63) is 50.1 Å². The molecule has 0 aliphatic heterocycles. The standard InChI is InChI=1S/C13H14Cl2N2S/c1-17(8-11-3-5-13(15)18-11)12-4-2-10(14)6-9(12)7-16/h2-6H,7-8,16H2,1H3. The maximum Gasteiger partial charge on any atom is 0.0931 e. The van der Waals surface area contributed by atoms with Gasteiger partial charge in [-0.1, -0.05) is 23.2 Å². The van der Waals surface area contributed by atoms with Crippen LogP contribution in [0.4, 0.5) is 5.69 Å². The second-order valence-electron chi connectivity index (χ2n) is 4.04. The Morgan fingerprint density at radius 1 is 1.22 bits per heavy atom. The average molecular weight is 301 g/mol. The quantitative estimate of drug-likeness (QED) is 0.919. The number of halogens is 2. The highest BCUT2D eigenvalue weighted by molar-refractivity contribution is 7.16. The molecule has 18 heavy (non-hydrogen) atoms. The van der Waals surface area contributed by atoms with E-state index in [0.29, 0.717) is 11.6 Å². The molecule has 0 bridgehead atoms. The number of hydrogen-bond acceptors (Lipinski definition) is 3. The molecule has 0 radical (unpaired) electrons. The molecule has 96 valence electrons. The smallest absolute Gasteiger partial charge is 0.0931 e. The van der Waals surface area contributed by atoms with Gasteiger partial charge in [-0.3, -0.25) is 0 Å². The Kier molecular flexibility index (Phi) is 4.51. The summed E-state index contributed by atoms with van der Waals surface area (Å²) in [5.74, 6) is 0. The van der Waals surface area contributed by atoms with Crippen LogP contribution >= 0.6 is 34.5 Å². The van der Waals surface area contributed by atoms with Gasteiger partial charge in [-0.15, -0.1) is 11.3 Å². The molecule has 0 unspecified atom stereocenters. The molecule has 2 N–H and O–H groups in total. The summed E-state index contributed by atoms with van der Waals surface area (Å²) in [6, 6.07) is 9.76. The molecule has 1 aromatic heterocycles. The van der Waals surface area contributed by atoms with Crippen LogP contribution < -0.4 is 10.6 Å². The third kappa shape index (κ3) is 3.18. The number of thiophene rings is 1. The van der Waals surface area contributed by atoms with Crippen molar-refractivity contribution in [1.29, 1.82) is 0 Å². The third-order valence-corrected chi connectivity index (χ3v) is 4.15. The van der Waals surface area contributed by atoms with E-state index in [1.807, 2.05) is 37.4 Å². The van der Waals surface area contributed by atoms with Crippen molar-refractivity contribution in [2.24, 2.45) is 5.73 Å². The van der Waals surface area contributed by atoms with Gasteiger partial charge < -0.3 is 10.6 Å². The first-order valence-electron chi connectivity index (χ1n) is 5.54. The van der Waals surface area contributed by atoms with E-state index < -0.39 is 0 Å². The van der Waals surface area contributed by atoms with Crippen LogP contribution in [0.15, 0.2) is 30.3 Å². The van der Waals surface area contributed by atoms with E-state index in [1.54, 1.807) is 11.3 Å². The fourth-order valence-corrected chi connectivity index (χ4v) is 3.18. The lowest BCUT2D eigenvalue weighted by Crippen LogP contribution is -2.18. The topological polar surface area (TPSA) is 29.3 Å². The van der Waals surface area contributed by atoms with Crippen LogP contribution in [0.5, 0.6) is 0 Å². The summed E-state index contributed by atoms with van der Waals surface area (Å²) >= 11 is 13.5. The first kappa shape index (κ1) is 13.7. The number of nitrogens with two attached hydrogens (primary N) is 1. The molecule has 0 spiro atoms. The Labute approximate surface area is 121 Å². The Morgan fingerprint density at radius 2 is 2.00 bits per heavy atom. The molecule has 2 rings (SSSR count). The maximum absolute atomic E-state index is 5.97. The maximum atomic E-state index is 5.97. The minimum atomic E-state index is 0.478. The van der Waals surface area contributed by atoms with Gasteiger partial charge in [-0.2, -0.15) is 0 Å². The van der Waals surface area contributed by atoms with E-state index in [0.717, 1.165) is 22.1 Å². The first-order chi connectivity index (χ1) is 8.60. The van der Waals surface area contributed by atoms with Crippen molar-refractivity contribution in [1.82, 2.24) is 0 Å². The number of benzene rings is 1. The van der Waals surface area contributed by atoms with Crippen LogP contribution in [0.1, 0.15) is 10.4 Å². The van der Waals surface area contributed by atoms with Gasteiger partial charge in [0.15, 0.2) is 0 Å². The summed E-state index contributed by atoms with van der Waals surface area (Å²) in [5.41, 5.74) is 7.90. The minimum Gasteiger partial charge on any atom is -0.369 e. The fraction of sp³-hybridized carbons (Fsp3) is 0.231. The predicted molar refractivity (Wildman–Crippen MR) is 80.8 cm³/mol. The lowest BCUT2D eigenvalue weighted by Gasteiger charge is -2.21. The van der Waals surface area contributed by atoms with E-state index in [4.69, 9.17) is 28.9 Å². The van der Waals surface area contributed by atoms with E-state index in [2.05, 4.69) is 4.90 Å². The van der Waals surface area contributed by atoms with E-state index in [-0.39, 0.29) is 0 Å². The van der Waals surface area contributed by atoms with Crippen molar-refractivity contribution in [3.63, 3.8) is 0 Å². The Balaban J connectivity index is 2.20. The summed E-state index contributed by atoms with van der Waals surface area (Å²) in [7, 11) is 2.04. The van der Waals surface area contributed by atoms with E-state index >= 15 is 0 Å². The Bertz CT molecular complexity index is 540. The zero-order chi connectivity index (χ0) is 13.1. The monoisotopic (exact) mass is 300 g/mol. The van der Waals surface area contributed by atoms with Gasteiger partial charge in [0.05, 0.1) is 10.9 Å². The van der Waals surface area contributed by atoms with Gasteiger partial charge in [0.2, 0.25) is 0 Å². The van der Waals surface area contributed by atoms with Crippen molar-refractivity contribution >= 4 is 40.2 Å². The van der Waals surface area contributed by atoms with Gasteiger partial charge in [0.25, 0.3) is 0 Å². The van der Waals surface area contributed by atoms with E-state index in [9.17, 15) is 0 Å². The molecule has 0 saturated carbocycles. The van der Waals surface area contributed by atoms with Crippen LogP contribution in [-0.2, 0) is 13.1 Å². The fourth-order valence-electron chi connectivity index (χ4n) is 1.85. The highest BCUT2D eigenvalue weighted by Crippen LogP contribution is 2.27. The molecule has 2 aromatic rings. The lowest BCUT2D eigenvalue weighted by atomic mass is 10.1. The summed E-state index contributed by atoms with van der Waals surface area (Å²) in [6.07, 6.45) is 0.